The average Bonchev–Trinajstić information content (AvgIpc) is 3.20. The van der Waals surface area contributed by atoms with Crippen LogP contribution < -0.4 is 5.32 Å². The van der Waals surface area contributed by atoms with Gasteiger partial charge >= 0.3 is 0 Å². The first kappa shape index (κ1) is 13.1. The zero-order valence-corrected chi connectivity index (χ0v) is 11.5. The molecule has 2 unspecified atom stereocenters. The lowest BCUT2D eigenvalue weighted by Gasteiger charge is -2.34. The number of hydrogen-bond donors (Lipinski definition) is 2. The third kappa shape index (κ3) is 3.35. The molecule has 3 heteroatoms. The van der Waals surface area contributed by atoms with E-state index in [-0.39, 0.29) is 0 Å². The quantitative estimate of drug-likeness (QED) is 0.842. The van der Waals surface area contributed by atoms with E-state index in [4.69, 9.17) is 5.11 Å². The normalized spacial score (nSPS) is 31.3. The minimum atomic E-state index is 0.349. The second-order valence-electron chi connectivity index (χ2n) is 5.95. The maximum Gasteiger partial charge on any atom is 0.0433 e. The summed E-state index contributed by atoms with van der Waals surface area (Å²) >= 11 is 0. The number of benzene rings is 1. The molecular weight excluding hydrogens is 236 g/mol. The highest BCUT2D eigenvalue weighted by atomic mass is 16.3. The standard InChI is InChI=1S/C16H24N2O/c19-9-6-14-10-15(14)16-12-18(8-7-17-16)11-13-4-2-1-3-5-13/h1-5,14-17,19H,6-12H2/t14?,15?,16-/m0/s1. The van der Waals surface area contributed by atoms with Crippen LogP contribution in [0.15, 0.2) is 30.3 Å². The van der Waals surface area contributed by atoms with Crippen LogP contribution in [0.2, 0.25) is 0 Å². The van der Waals surface area contributed by atoms with Gasteiger partial charge in [0.05, 0.1) is 0 Å². The highest BCUT2D eigenvalue weighted by Gasteiger charge is 2.43. The van der Waals surface area contributed by atoms with E-state index in [2.05, 4.69) is 40.5 Å². The van der Waals surface area contributed by atoms with E-state index in [1.807, 2.05) is 0 Å². The van der Waals surface area contributed by atoms with Gasteiger partial charge < -0.3 is 10.4 Å². The lowest BCUT2D eigenvalue weighted by atomic mass is 10.1. The van der Waals surface area contributed by atoms with E-state index < -0.39 is 0 Å². The second-order valence-corrected chi connectivity index (χ2v) is 5.95. The molecule has 3 nitrogen and oxygen atoms in total. The fourth-order valence-electron chi connectivity index (χ4n) is 3.38. The third-order valence-electron chi connectivity index (χ3n) is 4.53. The minimum absolute atomic E-state index is 0.349. The number of aliphatic hydroxyl groups is 1. The molecule has 104 valence electrons. The van der Waals surface area contributed by atoms with Gasteiger partial charge in [-0.25, -0.2) is 0 Å². The molecule has 2 fully saturated rings. The lowest BCUT2D eigenvalue weighted by Crippen LogP contribution is -2.51. The van der Waals surface area contributed by atoms with Crippen LogP contribution in [0.5, 0.6) is 0 Å². The first-order valence-corrected chi connectivity index (χ1v) is 7.47. The van der Waals surface area contributed by atoms with Gasteiger partial charge in [-0.3, -0.25) is 4.90 Å². The number of piperazine rings is 1. The Morgan fingerprint density at radius 1 is 1.26 bits per heavy atom. The van der Waals surface area contributed by atoms with Crippen LogP contribution in [-0.4, -0.2) is 42.3 Å². The van der Waals surface area contributed by atoms with Gasteiger partial charge in [-0.1, -0.05) is 30.3 Å². The van der Waals surface area contributed by atoms with Crippen molar-refractivity contribution >= 4 is 0 Å². The molecule has 19 heavy (non-hydrogen) atoms. The fourth-order valence-corrected chi connectivity index (χ4v) is 3.38. The van der Waals surface area contributed by atoms with Gasteiger partial charge in [0.15, 0.2) is 0 Å². The average molecular weight is 260 g/mol. The van der Waals surface area contributed by atoms with Crippen molar-refractivity contribution in [3.05, 3.63) is 35.9 Å². The van der Waals surface area contributed by atoms with Crippen molar-refractivity contribution in [2.45, 2.75) is 25.4 Å². The third-order valence-corrected chi connectivity index (χ3v) is 4.53. The van der Waals surface area contributed by atoms with Crippen LogP contribution in [0, 0.1) is 11.8 Å². The maximum absolute atomic E-state index is 9.01. The largest absolute Gasteiger partial charge is 0.396 e. The number of aliphatic hydroxyl groups excluding tert-OH is 1. The van der Waals surface area contributed by atoms with Gasteiger partial charge in [0.2, 0.25) is 0 Å². The van der Waals surface area contributed by atoms with Crippen LogP contribution >= 0.6 is 0 Å². The molecular formula is C16H24N2O. The summed E-state index contributed by atoms with van der Waals surface area (Å²) in [6.07, 6.45) is 2.29. The molecule has 0 bridgehead atoms. The van der Waals surface area contributed by atoms with Crippen molar-refractivity contribution in [2.24, 2.45) is 11.8 Å². The topological polar surface area (TPSA) is 35.5 Å². The summed E-state index contributed by atoms with van der Waals surface area (Å²) in [5.41, 5.74) is 1.41. The Morgan fingerprint density at radius 2 is 2.11 bits per heavy atom. The minimum Gasteiger partial charge on any atom is -0.396 e. The Balaban J connectivity index is 1.51. The Bertz CT molecular complexity index is 395. The highest BCUT2D eigenvalue weighted by molar-refractivity contribution is 5.14. The molecule has 1 aromatic carbocycles. The first-order valence-electron chi connectivity index (χ1n) is 7.47. The van der Waals surface area contributed by atoms with E-state index in [9.17, 15) is 0 Å². The van der Waals surface area contributed by atoms with E-state index in [0.29, 0.717) is 12.6 Å². The molecule has 2 aliphatic rings. The van der Waals surface area contributed by atoms with E-state index in [1.54, 1.807) is 0 Å². The summed E-state index contributed by atoms with van der Waals surface area (Å²) in [6.45, 7) is 4.81. The maximum atomic E-state index is 9.01. The lowest BCUT2D eigenvalue weighted by molar-refractivity contribution is 0.176. The Labute approximate surface area is 115 Å². The number of rotatable bonds is 5. The first-order chi connectivity index (χ1) is 9.36. The Morgan fingerprint density at radius 3 is 2.89 bits per heavy atom. The van der Waals surface area contributed by atoms with Crippen LogP contribution in [0.4, 0.5) is 0 Å². The van der Waals surface area contributed by atoms with E-state index in [0.717, 1.165) is 44.4 Å². The van der Waals surface area contributed by atoms with Gasteiger partial charge in [-0.05, 0) is 30.2 Å². The molecule has 2 N–H and O–H groups in total. The Hall–Kier alpha value is -0.900. The monoisotopic (exact) mass is 260 g/mol. The Kier molecular flexibility index (Phi) is 4.16. The van der Waals surface area contributed by atoms with Crippen LogP contribution in [0.25, 0.3) is 0 Å². The molecule has 3 rings (SSSR count). The van der Waals surface area contributed by atoms with Crippen LogP contribution in [0.1, 0.15) is 18.4 Å². The predicted molar refractivity (Wildman–Crippen MR) is 76.8 cm³/mol. The number of nitrogens with one attached hydrogen (secondary N) is 1. The molecule has 1 heterocycles. The molecule has 0 amide bonds. The van der Waals surface area contributed by atoms with E-state index >= 15 is 0 Å². The van der Waals surface area contributed by atoms with Crippen LogP contribution in [0.3, 0.4) is 0 Å². The van der Waals surface area contributed by atoms with Gasteiger partial charge in [0, 0.05) is 38.8 Å². The number of hydrogen-bond acceptors (Lipinski definition) is 3. The fraction of sp³-hybridized carbons (Fsp3) is 0.625. The smallest absolute Gasteiger partial charge is 0.0433 e. The van der Waals surface area contributed by atoms with Gasteiger partial charge in [0.25, 0.3) is 0 Å². The molecule has 0 radical (unpaired) electrons. The van der Waals surface area contributed by atoms with Gasteiger partial charge in [-0.2, -0.15) is 0 Å². The molecule has 1 aromatic rings. The molecule has 0 aromatic heterocycles. The van der Waals surface area contributed by atoms with Crippen molar-refractivity contribution in [3.63, 3.8) is 0 Å². The van der Waals surface area contributed by atoms with E-state index in [1.165, 1.54) is 12.0 Å². The molecule has 1 aliphatic carbocycles. The van der Waals surface area contributed by atoms with Crippen molar-refractivity contribution < 1.29 is 5.11 Å². The van der Waals surface area contributed by atoms with Crippen molar-refractivity contribution in [1.82, 2.24) is 10.2 Å². The molecule has 3 atom stereocenters. The summed E-state index contributed by atoms with van der Waals surface area (Å²) < 4.78 is 0. The molecule has 1 aliphatic heterocycles. The van der Waals surface area contributed by atoms with Crippen molar-refractivity contribution in [2.75, 3.05) is 26.2 Å². The highest BCUT2D eigenvalue weighted by Crippen LogP contribution is 2.44. The summed E-state index contributed by atoms with van der Waals surface area (Å²) in [4.78, 5) is 2.56. The van der Waals surface area contributed by atoms with Gasteiger partial charge in [0.1, 0.15) is 0 Å². The summed E-state index contributed by atoms with van der Waals surface area (Å²) in [5, 5.41) is 12.7. The SMILES string of the molecule is OCCC1CC1[C@@H]1CN(Cc2ccccc2)CCN1. The molecule has 1 saturated heterocycles. The van der Waals surface area contributed by atoms with Crippen molar-refractivity contribution in [3.8, 4) is 0 Å². The number of nitrogens with zero attached hydrogens (tertiary/aromatic N) is 1. The van der Waals surface area contributed by atoms with Crippen molar-refractivity contribution in [1.29, 1.82) is 0 Å². The zero-order valence-electron chi connectivity index (χ0n) is 11.5. The predicted octanol–water partition coefficient (Wildman–Crippen LogP) is 1.48. The molecule has 1 saturated carbocycles. The zero-order chi connectivity index (χ0) is 13.1. The summed E-state index contributed by atoms with van der Waals surface area (Å²) in [5.74, 6) is 1.56. The van der Waals surface area contributed by atoms with Crippen LogP contribution in [-0.2, 0) is 6.54 Å². The molecule has 0 spiro atoms. The van der Waals surface area contributed by atoms with Gasteiger partial charge in [-0.15, -0.1) is 0 Å². The summed E-state index contributed by atoms with van der Waals surface area (Å²) in [7, 11) is 0. The second kappa shape index (κ2) is 6.04. The summed E-state index contributed by atoms with van der Waals surface area (Å²) in [6, 6.07) is 11.4.